The Morgan fingerprint density at radius 3 is 2.42 bits per heavy atom. The van der Waals surface area contributed by atoms with E-state index in [1.807, 2.05) is 36.4 Å². The molecule has 0 unspecified atom stereocenters. The van der Waals surface area contributed by atoms with Gasteiger partial charge in [-0.1, -0.05) is 42.1 Å². The van der Waals surface area contributed by atoms with Crippen molar-refractivity contribution < 1.29 is 19.4 Å². The summed E-state index contributed by atoms with van der Waals surface area (Å²) in [7, 11) is 3.18. The summed E-state index contributed by atoms with van der Waals surface area (Å²) in [5.41, 5.74) is 1.31. The van der Waals surface area contributed by atoms with Crippen LogP contribution in [0, 0.1) is 0 Å². The molecule has 0 amide bonds. The first-order valence-electron chi connectivity index (χ1n) is 8.49. The highest BCUT2D eigenvalue weighted by molar-refractivity contribution is 8.03. The zero-order valence-electron chi connectivity index (χ0n) is 15.1. The van der Waals surface area contributed by atoms with Gasteiger partial charge in [0, 0.05) is 11.0 Å². The maximum Gasteiger partial charge on any atom is 0.329 e. The highest BCUT2D eigenvalue weighted by Crippen LogP contribution is 2.36. The Balaban J connectivity index is 1.96. The number of methoxy groups -OCH3 is 2. The van der Waals surface area contributed by atoms with Crippen molar-refractivity contribution in [3.05, 3.63) is 65.1 Å². The first kappa shape index (κ1) is 19.9. The number of aliphatic carboxylic acids is 1. The zero-order valence-corrected chi connectivity index (χ0v) is 15.9. The van der Waals surface area contributed by atoms with E-state index in [1.165, 1.54) is 23.4 Å². The van der Waals surface area contributed by atoms with Crippen molar-refractivity contribution in [1.82, 2.24) is 0 Å². The van der Waals surface area contributed by atoms with E-state index >= 15 is 0 Å². The van der Waals surface area contributed by atoms with E-state index in [2.05, 4.69) is 12.1 Å². The largest absolute Gasteiger partial charge is 0.493 e. The molecular weight excluding hydrogens is 348 g/mol. The van der Waals surface area contributed by atoms with Crippen LogP contribution in [-0.2, 0) is 11.2 Å². The van der Waals surface area contributed by atoms with E-state index in [1.54, 1.807) is 14.2 Å². The lowest BCUT2D eigenvalue weighted by Crippen LogP contribution is -1.93. The Morgan fingerprint density at radius 1 is 1.04 bits per heavy atom. The summed E-state index contributed by atoms with van der Waals surface area (Å²) >= 11 is 1.46. The Hall–Kier alpha value is -2.40. The lowest BCUT2D eigenvalue weighted by molar-refractivity contribution is -0.131. The van der Waals surface area contributed by atoms with Crippen LogP contribution in [0.5, 0.6) is 11.5 Å². The van der Waals surface area contributed by atoms with Crippen LogP contribution in [0.4, 0.5) is 0 Å². The number of carboxylic acids is 1. The number of rotatable bonds is 10. The Bertz CT molecular complexity index is 741. The minimum Gasteiger partial charge on any atom is -0.493 e. The number of unbranched alkanes of at least 4 members (excludes halogenated alkanes) is 1. The van der Waals surface area contributed by atoms with Crippen molar-refractivity contribution in [1.29, 1.82) is 0 Å². The predicted octanol–water partition coefficient (Wildman–Crippen LogP) is 5.18. The first-order chi connectivity index (χ1) is 12.6. The summed E-state index contributed by atoms with van der Waals surface area (Å²) in [6.45, 7) is 0. The van der Waals surface area contributed by atoms with E-state index in [-0.39, 0.29) is 0 Å². The quantitative estimate of drug-likeness (QED) is 0.354. The topological polar surface area (TPSA) is 55.8 Å². The number of carboxylic acid groups (broad SMARTS) is 1. The van der Waals surface area contributed by atoms with E-state index < -0.39 is 5.97 Å². The van der Waals surface area contributed by atoms with Gasteiger partial charge >= 0.3 is 5.97 Å². The summed E-state index contributed by atoms with van der Waals surface area (Å²) in [5, 5.41) is 9.14. The maximum atomic E-state index is 11.1. The normalized spacial score (nSPS) is 11.2. The van der Waals surface area contributed by atoms with E-state index in [0.29, 0.717) is 11.5 Å². The highest BCUT2D eigenvalue weighted by atomic mass is 32.2. The van der Waals surface area contributed by atoms with E-state index in [0.717, 1.165) is 35.5 Å². The fourth-order valence-electron chi connectivity index (χ4n) is 2.59. The monoisotopic (exact) mass is 372 g/mol. The number of allylic oxidation sites excluding steroid dienone is 1. The van der Waals surface area contributed by atoms with Gasteiger partial charge in [0.1, 0.15) is 0 Å². The third-order valence-corrected chi connectivity index (χ3v) is 4.94. The van der Waals surface area contributed by atoms with Gasteiger partial charge in [-0.05, 0) is 54.4 Å². The van der Waals surface area contributed by atoms with Crippen LogP contribution in [0.15, 0.2) is 64.4 Å². The van der Waals surface area contributed by atoms with Gasteiger partial charge in [0.25, 0.3) is 0 Å². The molecule has 2 aromatic carbocycles. The third-order valence-electron chi connectivity index (χ3n) is 3.87. The SMILES string of the molecule is COc1ccc(S/C(=C\C(=O)O)CCCCc2ccccc2)cc1OC. The second kappa shape index (κ2) is 10.6. The molecule has 0 radical (unpaired) electrons. The molecule has 0 saturated carbocycles. The van der Waals surface area contributed by atoms with Crippen LogP contribution in [-0.4, -0.2) is 25.3 Å². The molecule has 138 valence electrons. The smallest absolute Gasteiger partial charge is 0.329 e. The first-order valence-corrected chi connectivity index (χ1v) is 9.31. The average molecular weight is 372 g/mol. The molecule has 0 aromatic heterocycles. The molecule has 26 heavy (non-hydrogen) atoms. The molecule has 0 heterocycles. The number of carbonyl (C=O) groups is 1. The molecule has 0 saturated heterocycles. The van der Waals surface area contributed by atoms with Crippen LogP contribution < -0.4 is 9.47 Å². The molecule has 0 atom stereocenters. The van der Waals surface area contributed by atoms with Crippen molar-refractivity contribution >= 4 is 17.7 Å². The van der Waals surface area contributed by atoms with E-state index in [9.17, 15) is 4.79 Å². The molecule has 1 N–H and O–H groups in total. The van der Waals surface area contributed by atoms with Gasteiger partial charge in [-0.2, -0.15) is 0 Å². The minimum absolute atomic E-state index is 0.635. The number of hydrogen-bond acceptors (Lipinski definition) is 4. The molecule has 0 bridgehead atoms. The summed E-state index contributed by atoms with van der Waals surface area (Å²) in [5.74, 6) is 0.371. The molecule has 2 rings (SSSR count). The molecule has 4 nitrogen and oxygen atoms in total. The van der Waals surface area contributed by atoms with Gasteiger partial charge < -0.3 is 14.6 Å². The summed E-state index contributed by atoms with van der Waals surface area (Å²) in [4.78, 5) is 12.9. The maximum absolute atomic E-state index is 11.1. The second-order valence-corrected chi connectivity index (χ2v) is 6.96. The third kappa shape index (κ3) is 6.48. The molecule has 5 heteroatoms. The Kier molecular flexibility index (Phi) is 8.09. The van der Waals surface area contributed by atoms with Gasteiger partial charge in [-0.15, -0.1) is 0 Å². The number of aryl methyl sites for hydroxylation is 1. The molecular formula is C21H24O4S. The number of thioether (sulfide) groups is 1. The predicted molar refractivity (Wildman–Crippen MR) is 105 cm³/mol. The van der Waals surface area contributed by atoms with Crippen LogP contribution in [0.2, 0.25) is 0 Å². The van der Waals surface area contributed by atoms with Crippen LogP contribution in [0.25, 0.3) is 0 Å². The fourth-order valence-corrected chi connectivity index (χ4v) is 3.61. The summed E-state index contributed by atoms with van der Waals surface area (Å²) < 4.78 is 10.6. The van der Waals surface area contributed by atoms with E-state index in [4.69, 9.17) is 14.6 Å². The summed E-state index contributed by atoms with van der Waals surface area (Å²) in [6.07, 6.45) is 4.99. The lowest BCUT2D eigenvalue weighted by atomic mass is 10.1. The van der Waals surface area contributed by atoms with Crippen molar-refractivity contribution in [2.75, 3.05) is 14.2 Å². The summed E-state index contributed by atoms with van der Waals surface area (Å²) in [6, 6.07) is 15.9. The zero-order chi connectivity index (χ0) is 18.8. The fraction of sp³-hybridized carbons (Fsp3) is 0.286. The minimum atomic E-state index is -0.920. The number of hydrogen-bond donors (Lipinski definition) is 1. The van der Waals surface area contributed by atoms with Crippen molar-refractivity contribution in [2.24, 2.45) is 0 Å². The van der Waals surface area contributed by atoms with Crippen LogP contribution >= 0.6 is 11.8 Å². The Morgan fingerprint density at radius 2 is 1.77 bits per heavy atom. The van der Waals surface area contributed by atoms with Crippen LogP contribution in [0.1, 0.15) is 24.8 Å². The van der Waals surface area contributed by atoms with Crippen molar-refractivity contribution in [2.45, 2.75) is 30.6 Å². The van der Waals surface area contributed by atoms with Gasteiger partial charge in [-0.3, -0.25) is 0 Å². The highest BCUT2D eigenvalue weighted by Gasteiger charge is 2.09. The molecule has 0 fully saturated rings. The second-order valence-electron chi connectivity index (χ2n) is 5.76. The Labute approximate surface area is 158 Å². The average Bonchev–Trinajstić information content (AvgIpc) is 2.65. The van der Waals surface area contributed by atoms with Gasteiger partial charge in [0.2, 0.25) is 0 Å². The molecule has 0 aliphatic carbocycles. The van der Waals surface area contributed by atoms with Gasteiger partial charge in [0.15, 0.2) is 11.5 Å². The lowest BCUT2D eigenvalue weighted by Gasteiger charge is -2.11. The van der Waals surface area contributed by atoms with Crippen LogP contribution in [0.3, 0.4) is 0 Å². The van der Waals surface area contributed by atoms with Gasteiger partial charge in [0.05, 0.1) is 14.2 Å². The molecule has 0 aliphatic heterocycles. The van der Waals surface area contributed by atoms with Crippen molar-refractivity contribution in [3.63, 3.8) is 0 Å². The number of ether oxygens (including phenoxy) is 2. The number of benzene rings is 2. The molecule has 0 spiro atoms. The van der Waals surface area contributed by atoms with Gasteiger partial charge in [-0.25, -0.2) is 4.79 Å². The molecule has 2 aromatic rings. The standard InChI is InChI=1S/C21H24O4S/c1-24-19-13-12-18(14-20(19)25-2)26-17(15-21(22)23)11-7-6-10-16-8-4-3-5-9-16/h3-5,8-9,12-15H,6-7,10-11H2,1-2H3,(H,22,23)/b17-15-. The van der Waals surface area contributed by atoms with Crippen molar-refractivity contribution in [3.8, 4) is 11.5 Å². The molecule has 0 aliphatic rings.